The molecule has 104 valence electrons. The Morgan fingerprint density at radius 2 is 2.05 bits per heavy atom. The highest BCUT2D eigenvalue weighted by Crippen LogP contribution is 2.37. The van der Waals surface area contributed by atoms with E-state index in [0.717, 1.165) is 12.8 Å². The normalized spacial score (nSPS) is 15.4. The van der Waals surface area contributed by atoms with Gasteiger partial charge in [0.2, 0.25) is 0 Å². The molecule has 1 fully saturated rings. The molecule has 0 heterocycles. The number of benzene rings is 1. The molecule has 0 aromatic heterocycles. The lowest BCUT2D eigenvalue weighted by atomic mass is 10.1. The molecule has 0 saturated heterocycles. The summed E-state index contributed by atoms with van der Waals surface area (Å²) in [6, 6.07) is 4.63. The summed E-state index contributed by atoms with van der Waals surface area (Å²) in [6.07, 6.45) is -2.81. The van der Waals surface area contributed by atoms with E-state index in [1.165, 1.54) is 4.90 Å². The Labute approximate surface area is 119 Å². The summed E-state index contributed by atoms with van der Waals surface area (Å²) in [5, 5.41) is 0.276. The number of nitrogens with two attached hydrogens (primary N) is 1. The number of rotatable bonds is 4. The molecule has 2 nitrogen and oxygen atoms in total. The van der Waals surface area contributed by atoms with E-state index in [4.69, 9.17) is 29.6 Å². The lowest BCUT2D eigenvalue weighted by molar-refractivity contribution is -0.120. The fraction of sp³-hybridized carbons (Fsp3) is 0.417. The number of hydrogen-bond acceptors (Lipinski definition) is 2. The standard InChI is InChI=1S/C12H12ClF3N2S/c13-8-2-1-3-9(10(8)11(17)19)18(7-4-5-7)6-12(14,15)16/h1-3,7H,4-6H2,(H2,17,19). The van der Waals surface area contributed by atoms with Crippen LogP contribution in [0.25, 0.3) is 0 Å². The van der Waals surface area contributed by atoms with Crippen LogP contribution in [0.4, 0.5) is 18.9 Å². The molecule has 7 heteroatoms. The van der Waals surface area contributed by atoms with Crippen LogP contribution in [-0.4, -0.2) is 23.8 Å². The highest BCUT2D eigenvalue weighted by Gasteiger charge is 2.39. The smallest absolute Gasteiger partial charge is 0.389 e. The molecule has 19 heavy (non-hydrogen) atoms. The summed E-state index contributed by atoms with van der Waals surface area (Å²) in [7, 11) is 0. The first-order valence-corrected chi connectivity index (χ1v) is 6.50. The van der Waals surface area contributed by atoms with Crippen LogP contribution in [0, 0.1) is 0 Å². The summed E-state index contributed by atoms with van der Waals surface area (Å²) in [5.41, 5.74) is 6.25. The minimum atomic E-state index is -4.28. The van der Waals surface area contributed by atoms with Gasteiger partial charge in [-0.1, -0.05) is 29.9 Å². The van der Waals surface area contributed by atoms with E-state index < -0.39 is 12.7 Å². The lowest BCUT2D eigenvalue weighted by Crippen LogP contribution is -2.37. The van der Waals surface area contributed by atoms with Gasteiger partial charge in [-0.15, -0.1) is 0 Å². The predicted octanol–water partition coefficient (Wildman–Crippen LogP) is 3.51. The lowest BCUT2D eigenvalue weighted by Gasteiger charge is -2.28. The zero-order valence-corrected chi connectivity index (χ0v) is 11.4. The van der Waals surface area contributed by atoms with Crippen molar-refractivity contribution in [3.63, 3.8) is 0 Å². The number of halogens is 4. The van der Waals surface area contributed by atoms with Gasteiger partial charge in [-0.05, 0) is 25.0 Å². The largest absolute Gasteiger partial charge is 0.405 e. The third kappa shape index (κ3) is 3.51. The van der Waals surface area contributed by atoms with Crippen LogP contribution in [0.1, 0.15) is 18.4 Å². The van der Waals surface area contributed by atoms with Crippen LogP contribution >= 0.6 is 23.8 Å². The van der Waals surface area contributed by atoms with Gasteiger partial charge in [0, 0.05) is 11.7 Å². The first-order valence-electron chi connectivity index (χ1n) is 5.71. The number of nitrogens with zero attached hydrogens (tertiary/aromatic N) is 1. The summed E-state index contributed by atoms with van der Waals surface area (Å²) in [4.78, 5) is 1.30. The fourth-order valence-electron chi connectivity index (χ4n) is 1.99. The molecular formula is C12H12ClF3N2S. The molecule has 1 aromatic rings. The van der Waals surface area contributed by atoms with Crippen LogP contribution in [0.5, 0.6) is 0 Å². The molecule has 0 aliphatic heterocycles. The molecule has 1 aliphatic carbocycles. The van der Waals surface area contributed by atoms with Crippen molar-refractivity contribution in [2.24, 2.45) is 5.73 Å². The summed E-state index contributed by atoms with van der Waals surface area (Å²) in [5.74, 6) is 0. The summed E-state index contributed by atoms with van der Waals surface area (Å²) in [6.45, 7) is -1.02. The van der Waals surface area contributed by atoms with Crippen LogP contribution in [0.3, 0.4) is 0 Å². The average Bonchev–Trinajstić information content (AvgIpc) is 3.07. The topological polar surface area (TPSA) is 29.3 Å². The monoisotopic (exact) mass is 308 g/mol. The van der Waals surface area contributed by atoms with Crippen LogP contribution in [-0.2, 0) is 0 Å². The number of hydrogen-bond donors (Lipinski definition) is 1. The molecular weight excluding hydrogens is 297 g/mol. The highest BCUT2D eigenvalue weighted by atomic mass is 35.5. The van der Waals surface area contributed by atoms with Gasteiger partial charge in [0.25, 0.3) is 0 Å². The summed E-state index contributed by atoms with van der Waals surface area (Å²) < 4.78 is 38.0. The Balaban J connectivity index is 2.42. The number of anilines is 1. The molecule has 0 radical (unpaired) electrons. The van der Waals surface area contributed by atoms with Crippen molar-refractivity contribution in [3.8, 4) is 0 Å². The van der Waals surface area contributed by atoms with Crippen molar-refractivity contribution in [1.29, 1.82) is 0 Å². The second-order valence-electron chi connectivity index (χ2n) is 4.47. The summed E-state index contributed by atoms with van der Waals surface area (Å²) >= 11 is 10.9. The third-order valence-corrected chi connectivity index (χ3v) is 3.40. The number of thiocarbonyl (C=S) groups is 1. The Hall–Kier alpha value is -1.01. The van der Waals surface area contributed by atoms with Gasteiger partial charge in [0.1, 0.15) is 11.5 Å². The molecule has 0 atom stereocenters. The maximum Gasteiger partial charge on any atom is 0.405 e. The fourth-order valence-corrected chi connectivity index (χ4v) is 2.53. The minimum absolute atomic E-state index is 0.00780. The van der Waals surface area contributed by atoms with Crippen molar-refractivity contribution in [2.75, 3.05) is 11.4 Å². The average molecular weight is 309 g/mol. The second-order valence-corrected chi connectivity index (χ2v) is 5.32. The molecule has 0 bridgehead atoms. The van der Waals surface area contributed by atoms with Crippen molar-refractivity contribution < 1.29 is 13.2 Å². The van der Waals surface area contributed by atoms with E-state index >= 15 is 0 Å². The molecule has 1 aliphatic rings. The van der Waals surface area contributed by atoms with E-state index in [2.05, 4.69) is 0 Å². The van der Waals surface area contributed by atoms with Gasteiger partial charge in [0.05, 0.1) is 10.6 Å². The third-order valence-electron chi connectivity index (χ3n) is 2.88. The van der Waals surface area contributed by atoms with Crippen LogP contribution in [0.15, 0.2) is 18.2 Å². The minimum Gasteiger partial charge on any atom is -0.389 e. The van der Waals surface area contributed by atoms with E-state index in [1.54, 1.807) is 18.2 Å². The maximum atomic E-state index is 12.7. The van der Waals surface area contributed by atoms with E-state index in [-0.39, 0.29) is 16.1 Å². The van der Waals surface area contributed by atoms with E-state index in [1.807, 2.05) is 0 Å². The SMILES string of the molecule is NC(=S)c1c(Cl)cccc1N(CC(F)(F)F)C1CC1. The molecule has 0 unspecified atom stereocenters. The molecule has 0 amide bonds. The van der Waals surface area contributed by atoms with Crippen molar-refractivity contribution in [3.05, 3.63) is 28.8 Å². The first-order chi connectivity index (χ1) is 8.79. The Morgan fingerprint density at radius 1 is 1.42 bits per heavy atom. The van der Waals surface area contributed by atoms with Crippen molar-refractivity contribution in [1.82, 2.24) is 0 Å². The maximum absolute atomic E-state index is 12.7. The molecule has 2 N–H and O–H groups in total. The quantitative estimate of drug-likeness (QED) is 0.863. The van der Waals surface area contributed by atoms with Crippen LogP contribution in [0.2, 0.25) is 5.02 Å². The zero-order valence-electron chi connectivity index (χ0n) is 9.88. The molecule has 2 rings (SSSR count). The van der Waals surface area contributed by atoms with E-state index in [0.29, 0.717) is 11.3 Å². The van der Waals surface area contributed by atoms with E-state index in [9.17, 15) is 13.2 Å². The zero-order chi connectivity index (χ0) is 14.2. The van der Waals surface area contributed by atoms with Gasteiger partial charge in [0.15, 0.2) is 0 Å². The van der Waals surface area contributed by atoms with Gasteiger partial charge in [-0.2, -0.15) is 13.2 Å². The Morgan fingerprint density at radius 3 is 2.53 bits per heavy atom. The van der Waals surface area contributed by atoms with Gasteiger partial charge < -0.3 is 10.6 Å². The van der Waals surface area contributed by atoms with Gasteiger partial charge in [-0.25, -0.2) is 0 Å². The van der Waals surface area contributed by atoms with Gasteiger partial charge in [-0.3, -0.25) is 0 Å². The second kappa shape index (κ2) is 5.17. The van der Waals surface area contributed by atoms with Gasteiger partial charge >= 0.3 is 6.18 Å². The van der Waals surface area contributed by atoms with Crippen molar-refractivity contribution >= 4 is 34.5 Å². The number of alkyl halides is 3. The Kier molecular flexibility index (Phi) is 3.92. The molecule has 0 spiro atoms. The van der Waals surface area contributed by atoms with Crippen molar-refractivity contribution in [2.45, 2.75) is 25.1 Å². The highest BCUT2D eigenvalue weighted by molar-refractivity contribution is 7.80. The van der Waals surface area contributed by atoms with Crippen LogP contribution < -0.4 is 10.6 Å². The Bertz CT molecular complexity index is 500. The predicted molar refractivity (Wildman–Crippen MR) is 73.8 cm³/mol. The molecule has 1 aromatic carbocycles. The first kappa shape index (κ1) is 14.4. The molecule has 1 saturated carbocycles.